The van der Waals surface area contributed by atoms with Crippen molar-refractivity contribution in [3.63, 3.8) is 0 Å². The molecule has 1 fully saturated rings. The van der Waals surface area contributed by atoms with E-state index in [1.54, 1.807) is 0 Å². The van der Waals surface area contributed by atoms with Crippen LogP contribution in [0.4, 0.5) is 17.6 Å². The van der Waals surface area contributed by atoms with Crippen LogP contribution in [-0.4, -0.2) is 31.1 Å². The van der Waals surface area contributed by atoms with Gasteiger partial charge in [-0.2, -0.15) is 13.2 Å². The van der Waals surface area contributed by atoms with Gasteiger partial charge in [-0.3, -0.25) is 4.90 Å². The van der Waals surface area contributed by atoms with Gasteiger partial charge in [0, 0.05) is 31.1 Å². The molecule has 3 rings (SSSR count). The molecular formula is C16H17ClF4N2S. The highest BCUT2D eigenvalue weighted by Crippen LogP contribution is 2.40. The predicted molar refractivity (Wildman–Crippen MR) is 89.3 cm³/mol. The van der Waals surface area contributed by atoms with Crippen LogP contribution in [0.1, 0.15) is 22.0 Å². The normalized spacial score (nSPS) is 17.3. The summed E-state index contributed by atoms with van der Waals surface area (Å²) in [6, 6.07) is 6.12. The quantitative estimate of drug-likeness (QED) is 0.798. The first-order valence-corrected chi connectivity index (χ1v) is 8.19. The first-order valence-electron chi connectivity index (χ1n) is 7.31. The zero-order valence-electron chi connectivity index (χ0n) is 12.6. The molecule has 2 heterocycles. The number of nitrogens with zero attached hydrogens (tertiary/aromatic N) is 1. The number of rotatable bonds is 3. The Bertz CT molecular complexity index is 655. The summed E-state index contributed by atoms with van der Waals surface area (Å²) in [5.74, 6) is -0.869. The maximum atomic E-state index is 13.4. The van der Waals surface area contributed by atoms with Crippen molar-refractivity contribution >= 4 is 23.7 Å². The Hall–Kier alpha value is -1.15. The molecule has 1 aliphatic heterocycles. The molecule has 24 heavy (non-hydrogen) atoms. The minimum Gasteiger partial charge on any atom is -0.314 e. The van der Waals surface area contributed by atoms with E-state index in [0.717, 1.165) is 24.0 Å². The first kappa shape index (κ1) is 19.2. The molecule has 0 radical (unpaired) electrons. The Labute approximate surface area is 147 Å². The van der Waals surface area contributed by atoms with Gasteiger partial charge in [0.2, 0.25) is 0 Å². The molecule has 0 bridgehead atoms. The summed E-state index contributed by atoms with van der Waals surface area (Å²) in [4.78, 5) is 2.86. The molecule has 1 saturated heterocycles. The van der Waals surface area contributed by atoms with Crippen LogP contribution in [0.15, 0.2) is 35.7 Å². The lowest BCUT2D eigenvalue weighted by atomic mass is 9.96. The summed E-state index contributed by atoms with van der Waals surface area (Å²) in [6.45, 7) is 2.75. The average molecular weight is 381 g/mol. The van der Waals surface area contributed by atoms with Crippen LogP contribution in [0, 0.1) is 5.82 Å². The zero-order chi connectivity index (χ0) is 16.4. The van der Waals surface area contributed by atoms with E-state index in [2.05, 4.69) is 5.32 Å². The zero-order valence-corrected chi connectivity index (χ0v) is 14.3. The smallest absolute Gasteiger partial charge is 0.314 e. The fourth-order valence-corrected chi connectivity index (χ4v) is 3.81. The number of alkyl halides is 3. The average Bonchev–Trinajstić information content (AvgIpc) is 3.03. The van der Waals surface area contributed by atoms with Crippen molar-refractivity contribution in [2.45, 2.75) is 12.2 Å². The summed E-state index contributed by atoms with van der Waals surface area (Å²) in [5.41, 5.74) is -0.780. The first-order chi connectivity index (χ1) is 11.0. The van der Waals surface area contributed by atoms with E-state index in [1.165, 1.54) is 17.4 Å². The Morgan fingerprint density at radius 2 is 1.83 bits per heavy atom. The van der Waals surface area contributed by atoms with Crippen molar-refractivity contribution in [3.8, 4) is 0 Å². The lowest BCUT2D eigenvalue weighted by molar-refractivity contribution is -0.138. The number of nitrogens with one attached hydrogen (secondary N) is 1. The molecule has 2 aromatic rings. The molecule has 1 N–H and O–H groups in total. The second-order valence-electron chi connectivity index (χ2n) is 5.43. The number of halogens is 5. The van der Waals surface area contributed by atoms with Gasteiger partial charge >= 0.3 is 6.18 Å². The summed E-state index contributed by atoms with van der Waals surface area (Å²) in [5, 5.41) is 5.05. The van der Waals surface area contributed by atoms with Gasteiger partial charge in [0.25, 0.3) is 0 Å². The molecule has 1 atom stereocenters. The third-order valence-corrected chi connectivity index (χ3v) is 4.87. The topological polar surface area (TPSA) is 15.3 Å². The molecule has 0 unspecified atom stereocenters. The van der Waals surface area contributed by atoms with E-state index in [0.29, 0.717) is 19.2 Å². The largest absolute Gasteiger partial charge is 0.416 e. The van der Waals surface area contributed by atoms with E-state index < -0.39 is 23.6 Å². The Kier molecular flexibility index (Phi) is 6.25. The molecule has 1 aliphatic rings. The molecule has 132 valence electrons. The van der Waals surface area contributed by atoms with Crippen molar-refractivity contribution in [1.29, 1.82) is 0 Å². The van der Waals surface area contributed by atoms with Crippen LogP contribution in [0.3, 0.4) is 0 Å². The molecule has 1 aromatic carbocycles. The van der Waals surface area contributed by atoms with E-state index in [1.807, 2.05) is 22.4 Å². The van der Waals surface area contributed by atoms with Gasteiger partial charge in [-0.1, -0.05) is 12.1 Å². The summed E-state index contributed by atoms with van der Waals surface area (Å²) < 4.78 is 53.6. The van der Waals surface area contributed by atoms with Crippen molar-refractivity contribution in [2.24, 2.45) is 0 Å². The standard InChI is InChI=1S/C16H16F4N2S.ClH/c17-11-3-4-12(13(10-11)16(18,19)20)15(14-2-1-9-23-14)22-7-5-21-6-8-22;/h1-4,9-10,15,21H,5-8H2;1H/t15-;/m1./s1. The van der Waals surface area contributed by atoms with E-state index in [4.69, 9.17) is 0 Å². The van der Waals surface area contributed by atoms with Crippen LogP contribution in [0.2, 0.25) is 0 Å². The number of benzene rings is 1. The summed E-state index contributed by atoms with van der Waals surface area (Å²) >= 11 is 1.42. The fraction of sp³-hybridized carbons (Fsp3) is 0.375. The molecule has 0 spiro atoms. The Morgan fingerprint density at radius 3 is 2.42 bits per heavy atom. The van der Waals surface area contributed by atoms with Gasteiger partial charge in [-0.15, -0.1) is 23.7 Å². The minimum absolute atomic E-state index is 0. The van der Waals surface area contributed by atoms with Crippen molar-refractivity contribution in [3.05, 3.63) is 57.5 Å². The molecule has 0 amide bonds. The Balaban J connectivity index is 0.00000208. The van der Waals surface area contributed by atoms with Gasteiger partial charge in [-0.25, -0.2) is 4.39 Å². The molecule has 2 nitrogen and oxygen atoms in total. The van der Waals surface area contributed by atoms with Crippen LogP contribution in [0.25, 0.3) is 0 Å². The predicted octanol–water partition coefficient (Wildman–Crippen LogP) is 4.32. The number of thiophene rings is 1. The van der Waals surface area contributed by atoms with E-state index >= 15 is 0 Å². The van der Waals surface area contributed by atoms with Gasteiger partial charge in [-0.05, 0) is 29.1 Å². The second kappa shape index (κ2) is 7.82. The third kappa shape index (κ3) is 4.08. The van der Waals surface area contributed by atoms with Crippen molar-refractivity contribution < 1.29 is 17.6 Å². The minimum atomic E-state index is -4.58. The van der Waals surface area contributed by atoms with Gasteiger partial charge in [0.1, 0.15) is 5.82 Å². The molecule has 0 aliphatic carbocycles. The van der Waals surface area contributed by atoms with Crippen LogP contribution >= 0.6 is 23.7 Å². The van der Waals surface area contributed by atoms with Crippen LogP contribution < -0.4 is 5.32 Å². The third-order valence-electron chi connectivity index (χ3n) is 3.94. The molecule has 1 aromatic heterocycles. The molecular weight excluding hydrogens is 364 g/mol. The summed E-state index contributed by atoms with van der Waals surface area (Å²) in [6.07, 6.45) is -4.58. The van der Waals surface area contributed by atoms with E-state index in [-0.39, 0.29) is 18.0 Å². The number of piperazine rings is 1. The maximum Gasteiger partial charge on any atom is 0.416 e. The number of hydrogen-bond donors (Lipinski definition) is 1. The van der Waals surface area contributed by atoms with Gasteiger partial charge in [0.15, 0.2) is 0 Å². The fourth-order valence-electron chi connectivity index (χ4n) is 2.93. The second-order valence-corrected chi connectivity index (χ2v) is 6.41. The van der Waals surface area contributed by atoms with Crippen LogP contribution in [-0.2, 0) is 6.18 Å². The lowest BCUT2D eigenvalue weighted by Gasteiger charge is -2.35. The summed E-state index contributed by atoms with van der Waals surface area (Å²) in [7, 11) is 0. The SMILES string of the molecule is Cl.Fc1ccc([C@H](c2cccs2)N2CCNCC2)c(C(F)(F)F)c1. The molecule has 8 heteroatoms. The highest BCUT2D eigenvalue weighted by molar-refractivity contribution is 7.10. The highest BCUT2D eigenvalue weighted by atomic mass is 35.5. The van der Waals surface area contributed by atoms with Gasteiger partial charge < -0.3 is 5.32 Å². The Morgan fingerprint density at radius 1 is 1.12 bits per heavy atom. The van der Waals surface area contributed by atoms with Gasteiger partial charge in [0.05, 0.1) is 11.6 Å². The van der Waals surface area contributed by atoms with Crippen molar-refractivity contribution in [2.75, 3.05) is 26.2 Å². The monoisotopic (exact) mass is 380 g/mol. The number of hydrogen-bond acceptors (Lipinski definition) is 3. The van der Waals surface area contributed by atoms with Crippen LogP contribution in [0.5, 0.6) is 0 Å². The lowest BCUT2D eigenvalue weighted by Crippen LogP contribution is -2.45. The highest BCUT2D eigenvalue weighted by Gasteiger charge is 2.38. The van der Waals surface area contributed by atoms with E-state index in [9.17, 15) is 17.6 Å². The maximum absolute atomic E-state index is 13.4. The van der Waals surface area contributed by atoms with Crippen molar-refractivity contribution in [1.82, 2.24) is 10.2 Å². The molecule has 0 saturated carbocycles.